The number of carboxylic acids is 2. The number of rotatable bonds is 9. The lowest BCUT2D eigenvalue weighted by molar-refractivity contribution is -0.160. The minimum atomic E-state index is -1.29. The molecule has 18 heavy (non-hydrogen) atoms. The zero-order valence-corrected chi connectivity index (χ0v) is 10.8. The van der Waals surface area contributed by atoms with Crippen molar-refractivity contribution in [1.82, 2.24) is 0 Å². The molecule has 1 atom stereocenters. The van der Waals surface area contributed by atoms with Gasteiger partial charge in [0.1, 0.15) is 0 Å². The third kappa shape index (κ3) is 8.63. The summed E-state index contributed by atoms with van der Waals surface area (Å²) in [5, 5.41) is 17.1. The van der Waals surface area contributed by atoms with Gasteiger partial charge in [0.15, 0.2) is 6.10 Å². The van der Waals surface area contributed by atoms with Gasteiger partial charge in [-0.25, -0.2) is 14.4 Å². The number of thioether (sulfide) groups is 1. The second-order valence-corrected chi connectivity index (χ2v) is 4.56. The Morgan fingerprint density at radius 3 is 2.39 bits per heavy atom. The first kappa shape index (κ1) is 16.5. The van der Waals surface area contributed by atoms with Crippen LogP contribution < -0.4 is 0 Å². The monoisotopic (exact) mass is 276 g/mol. The number of esters is 1. The molecule has 102 valence electrons. The Bertz CT molecular complexity index is 325. The van der Waals surface area contributed by atoms with E-state index in [1.807, 2.05) is 6.92 Å². The van der Waals surface area contributed by atoms with Crippen molar-refractivity contribution in [2.45, 2.75) is 25.9 Å². The van der Waals surface area contributed by atoms with E-state index in [-0.39, 0.29) is 6.42 Å². The summed E-state index contributed by atoms with van der Waals surface area (Å²) in [5.41, 5.74) is 0. The van der Waals surface area contributed by atoms with Gasteiger partial charge >= 0.3 is 17.9 Å². The molecule has 0 fully saturated rings. The molecule has 0 aromatic rings. The molecule has 0 spiro atoms. The molecule has 0 aromatic heterocycles. The van der Waals surface area contributed by atoms with Crippen molar-refractivity contribution in [3.63, 3.8) is 0 Å². The van der Waals surface area contributed by atoms with Crippen molar-refractivity contribution >= 4 is 29.7 Å². The van der Waals surface area contributed by atoms with Crippen molar-refractivity contribution in [3.8, 4) is 0 Å². The Kier molecular flexibility index (Phi) is 8.73. The van der Waals surface area contributed by atoms with Gasteiger partial charge in [0.2, 0.25) is 0 Å². The Balaban J connectivity index is 4.15. The Labute approximate surface area is 109 Å². The Morgan fingerprint density at radius 2 is 1.89 bits per heavy atom. The van der Waals surface area contributed by atoms with Crippen LogP contribution in [0.5, 0.6) is 0 Å². The van der Waals surface area contributed by atoms with Gasteiger partial charge in [-0.15, -0.1) is 0 Å². The lowest BCUT2D eigenvalue weighted by atomic mass is 10.3. The number of aliphatic carboxylic acids is 2. The first-order valence-electron chi connectivity index (χ1n) is 5.39. The molecule has 0 saturated heterocycles. The minimum Gasteiger partial charge on any atom is -0.479 e. The van der Waals surface area contributed by atoms with E-state index in [0.29, 0.717) is 17.9 Å². The molecule has 0 rings (SSSR count). The molecule has 6 nitrogen and oxygen atoms in total. The summed E-state index contributed by atoms with van der Waals surface area (Å²) in [7, 11) is 0. The third-order valence-corrected chi connectivity index (χ3v) is 2.99. The van der Waals surface area contributed by atoms with Gasteiger partial charge in [-0.3, -0.25) is 0 Å². The summed E-state index contributed by atoms with van der Waals surface area (Å²) in [6, 6.07) is 0. The first-order chi connectivity index (χ1) is 8.47. The van der Waals surface area contributed by atoms with Crippen molar-refractivity contribution < 1.29 is 29.3 Å². The maximum Gasteiger partial charge on any atom is 0.345 e. The van der Waals surface area contributed by atoms with Crippen LogP contribution in [-0.2, 0) is 19.1 Å². The van der Waals surface area contributed by atoms with E-state index in [4.69, 9.17) is 10.2 Å². The van der Waals surface area contributed by atoms with Crippen LogP contribution in [-0.4, -0.2) is 45.7 Å². The van der Waals surface area contributed by atoms with Crippen LogP contribution in [0.3, 0.4) is 0 Å². The van der Waals surface area contributed by atoms with Crippen LogP contribution in [0, 0.1) is 0 Å². The largest absolute Gasteiger partial charge is 0.479 e. The van der Waals surface area contributed by atoms with Crippen LogP contribution in [0.4, 0.5) is 0 Å². The molecule has 0 radical (unpaired) electrons. The second-order valence-electron chi connectivity index (χ2n) is 3.34. The molecule has 0 aliphatic heterocycles. The highest BCUT2D eigenvalue weighted by molar-refractivity contribution is 7.99. The predicted octanol–water partition coefficient (Wildman–Crippen LogP) is 1.16. The van der Waals surface area contributed by atoms with Gasteiger partial charge < -0.3 is 14.9 Å². The number of carboxylic acid groups (broad SMARTS) is 2. The van der Waals surface area contributed by atoms with E-state index in [0.717, 1.165) is 12.2 Å². The molecular weight excluding hydrogens is 260 g/mol. The van der Waals surface area contributed by atoms with Crippen molar-refractivity contribution in [2.24, 2.45) is 0 Å². The maximum absolute atomic E-state index is 11.1. The fourth-order valence-electron chi connectivity index (χ4n) is 0.988. The summed E-state index contributed by atoms with van der Waals surface area (Å²) >= 11 is 1.58. The number of carbonyl (C=O) groups is 3. The summed E-state index contributed by atoms with van der Waals surface area (Å²) < 4.78 is 4.64. The van der Waals surface area contributed by atoms with Gasteiger partial charge in [-0.05, 0) is 17.9 Å². The average Bonchev–Trinajstić information content (AvgIpc) is 2.30. The van der Waals surface area contributed by atoms with Crippen molar-refractivity contribution in [1.29, 1.82) is 0 Å². The second kappa shape index (κ2) is 9.52. The Hall–Kier alpha value is -1.50. The predicted molar refractivity (Wildman–Crippen MR) is 66.5 cm³/mol. The molecule has 0 aromatic carbocycles. The molecule has 0 aliphatic rings. The topological polar surface area (TPSA) is 101 Å². The van der Waals surface area contributed by atoms with Crippen LogP contribution in [0.2, 0.25) is 0 Å². The van der Waals surface area contributed by atoms with E-state index in [9.17, 15) is 14.4 Å². The molecule has 7 heteroatoms. The highest BCUT2D eigenvalue weighted by Gasteiger charge is 2.20. The Morgan fingerprint density at radius 1 is 1.22 bits per heavy atom. The van der Waals surface area contributed by atoms with E-state index >= 15 is 0 Å². The lowest BCUT2D eigenvalue weighted by Crippen LogP contribution is -2.27. The van der Waals surface area contributed by atoms with E-state index in [2.05, 4.69) is 4.74 Å². The van der Waals surface area contributed by atoms with E-state index in [1.165, 1.54) is 0 Å². The molecule has 2 N–H and O–H groups in total. The van der Waals surface area contributed by atoms with Gasteiger partial charge in [-0.2, -0.15) is 11.8 Å². The number of ether oxygens (including phenoxy) is 1. The van der Waals surface area contributed by atoms with E-state index in [1.54, 1.807) is 11.8 Å². The fourth-order valence-corrected chi connectivity index (χ4v) is 1.86. The summed E-state index contributed by atoms with van der Waals surface area (Å²) in [5.74, 6) is -2.01. The summed E-state index contributed by atoms with van der Waals surface area (Å²) in [6.07, 6.45) is 1.25. The normalized spacial score (nSPS) is 12.3. The van der Waals surface area contributed by atoms with Crippen LogP contribution in [0.1, 0.15) is 19.8 Å². The van der Waals surface area contributed by atoms with E-state index < -0.39 is 24.0 Å². The molecular formula is C11H16O6S. The quantitative estimate of drug-likeness (QED) is 0.370. The smallest absolute Gasteiger partial charge is 0.345 e. The molecule has 0 aliphatic carbocycles. The first-order valence-corrected chi connectivity index (χ1v) is 6.55. The third-order valence-electron chi connectivity index (χ3n) is 1.77. The van der Waals surface area contributed by atoms with Gasteiger partial charge in [0, 0.05) is 18.6 Å². The van der Waals surface area contributed by atoms with Crippen molar-refractivity contribution in [2.75, 3.05) is 11.5 Å². The fraction of sp³-hybridized carbons (Fsp3) is 0.545. The highest BCUT2D eigenvalue weighted by Crippen LogP contribution is 2.09. The highest BCUT2D eigenvalue weighted by atomic mass is 32.2. The summed E-state index contributed by atoms with van der Waals surface area (Å²) in [4.78, 5) is 32.1. The molecule has 0 saturated carbocycles. The summed E-state index contributed by atoms with van der Waals surface area (Å²) in [6.45, 7) is 2.01. The molecule has 0 heterocycles. The zero-order valence-electron chi connectivity index (χ0n) is 10.00. The van der Waals surface area contributed by atoms with Crippen LogP contribution in [0.25, 0.3) is 0 Å². The van der Waals surface area contributed by atoms with Crippen LogP contribution in [0.15, 0.2) is 12.2 Å². The molecule has 0 amide bonds. The number of carbonyl (C=O) groups excluding carboxylic acids is 1. The SMILES string of the molecule is CCCSCCC(OC(=O)C=CC(=O)O)C(=O)O. The average molecular weight is 276 g/mol. The standard InChI is InChI=1S/C11H16O6S/c1-2-6-18-7-5-8(11(15)16)17-10(14)4-3-9(12)13/h3-4,8H,2,5-7H2,1H3,(H,12,13)(H,15,16). The van der Waals surface area contributed by atoms with Crippen molar-refractivity contribution in [3.05, 3.63) is 12.2 Å². The molecule has 1 unspecified atom stereocenters. The zero-order chi connectivity index (χ0) is 14.0. The maximum atomic E-state index is 11.1. The van der Waals surface area contributed by atoms with Gasteiger partial charge in [0.05, 0.1) is 0 Å². The van der Waals surface area contributed by atoms with Crippen LogP contribution >= 0.6 is 11.8 Å². The number of hydrogen-bond acceptors (Lipinski definition) is 5. The van der Waals surface area contributed by atoms with Gasteiger partial charge in [-0.1, -0.05) is 6.92 Å². The van der Waals surface area contributed by atoms with Gasteiger partial charge in [0.25, 0.3) is 0 Å². The minimum absolute atomic E-state index is 0.201. The number of hydrogen-bond donors (Lipinski definition) is 2. The molecule has 0 bridgehead atoms. The lowest BCUT2D eigenvalue weighted by Gasteiger charge is -2.11.